The van der Waals surface area contributed by atoms with Crippen molar-refractivity contribution in [1.82, 2.24) is 15.1 Å². The summed E-state index contributed by atoms with van der Waals surface area (Å²) >= 11 is 0. The van der Waals surface area contributed by atoms with Gasteiger partial charge in [0.15, 0.2) is 0 Å². The summed E-state index contributed by atoms with van der Waals surface area (Å²) in [6.07, 6.45) is 5.17. The van der Waals surface area contributed by atoms with E-state index in [2.05, 4.69) is 30.0 Å². The molecule has 1 amide bonds. The van der Waals surface area contributed by atoms with Crippen LogP contribution in [-0.2, 0) is 4.79 Å². The van der Waals surface area contributed by atoms with E-state index >= 15 is 0 Å². The Kier molecular flexibility index (Phi) is 6.39. The third-order valence-corrected chi connectivity index (χ3v) is 2.97. The number of hydrogen-bond acceptors (Lipinski definition) is 2. The lowest BCUT2D eigenvalue weighted by Crippen LogP contribution is -2.52. The number of hydrogen-bond donors (Lipinski definition) is 0. The smallest absolute Gasteiger partial charge is 0.244 e. The van der Waals surface area contributed by atoms with Crippen molar-refractivity contribution in [3.05, 3.63) is 38.0 Å². The molecule has 1 rings (SSSR count). The molecule has 1 unspecified atom stereocenters. The van der Waals surface area contributed by atoms with Crippen molar-refractivity contribution in [3.63, 3.8) is 0 Å². The summed E-state index contributed by atoms with van der Waals surface area (Å²) in [5.74, 6) is 0.0618. The second kappa shape index (κ2) is 7.84. The maximum absolute atomic E-state index is 12.4. The van der Waals surface area contributed by atoms with Gasteiger partial charge in [0, 0.05) is 39.3 Å². The van der Waals surface area contributed by atoms with Crippen LogP contribution in [0, 0.1) is 0 Å². The van der Waals surface area contributed by atoms with E-state index in [1.807, 2.05) is 0 Å². The van der Waals surface area contributed by atoms with Gasteiger partial charge in [-0.3, -0.25) is 9.69 Å². The third kappa shape index (κ3) is 3.82. The van der Waals surface area contributed by atoms with E-state index in [4.69, 9.17) is 0 Å². The van der Waals surface area contributed by atoms with E-state index in [1.165, 1.54) is 0 Å². The highest BCUT2D eigenvalue weighted by Crippen LogP contribution is 2.08. The summed E-state index contributed by atoms with van der Waals surface area (Å²) in [6, 6.07) is -0.264. The zero-order valence-corrected chi connectivity index (χ0v) is 10.9. The van der Waals surface area contributed by atoms with E-state index in [1.54, 1.807) is 23.1 Å². The Bertz CT molecular complexity index is 298. The van der Waals surface area contributed by atoms with Crippen LogP contribution in [0.3, 0.4) is 0 Å². The van der Waals surface area contributed by atoms with Crippen LogP contribution in [0.2, 0.25) is 0 Å². The van der Waals surface area contributed by atoms with E-state index in [9.17, 15) is 4.79 Å². The van der Waals surface area contributed by atoms with Crippen LogP contribution in [-0.4, -0.2) is 61.0 Å². The Balaban J connectivity index is 2.71. The molecule has 0 aromatic heterocycles. The molecule has 4 nitrogen and oxygen atoms in total. The fourth-order valence-corrected chi connectivity index (χ4v) is 2.06. The highest BCUT2D eigenvalue weighted by atomic mass is 16.2. The van der Waals surface area contributed by atoms with Crippen molar-refractivity contribution in [3.8, 4) is 0 Å². The second-order valence-corrected chi connectivity index (χ2v) is 4.21. The molecule has 99 valence electrons. The number of nitrogens with zero attached hydrogens (tertiary/aromatic N) is 3. The summed E-state index contributed by atoms with van der Waals surface area (Å²) in [4.78, 5) is 16.3. The number of piperazine rings is 1. The molecule has 0 saturated carbocycles. The summed E-state index contributed by atoms with van der Waals surface area (Å²) < 4.78 is 0. The minimum absolute atomic E-state index is 0.0618. The average Bonchev–Trinajstić information content (AvgIpc) is 2.40. The van der Waals surface area contributed by atoms with Crippen LogP contribution in [0.25, 0.3) is 0 Å². The predicted molar refractivity (Wildman–Crippen MR) is 74.4 cm³/mol. The van der Waals surface area contributed by atoms with Crippen molar-refractivity contribution in [2.24, 2.45) is 0 Å². The molecular weight excluding hydrogens is 226 g/mol. The Labute approximate surface area is 110 Å². The van der Waals surface area contributed by atoms with Gasteiger partial charge in [0.05, 0.1) is 0 Å². The first kappa shape index (κ1) is 14.7. The lowest BCUT2D eigenvalue weighted by molar-refractivity contribution is -0.134. The molecule has 1 radical (unpaired) electrons. The molecule has 0 aromatic carbocycles. The van der Waals surface area contributed by atoms with Gasteiger partial charge in [0.25, 0.3) is 0 Å². The van der Waals surface area contributed by atoms with E-state index < -0.39 is 0 Å². The first-order chi connectivity index (χ1) is 8.74. The first-order valence-corrected chi connectivity index (χ1v) is 6.25. The monoisotopic (exact) mass is 248 g/mol. The minimum atomic E-state index is -0.264. The van der Waals surface area contributed by atoms with Gasteiger partial charge in [-0.2, -0.15) is 0 Å². The van der Waals surface area contributed by atoms with Gasteiger partial charge in [0.1, 0.15) is 6.04 Å². The second-order valence-electron chi connectivity index (χ2n) is 4.21. The van der Waals surface area contributed by atoms with Gasteiger partial charge in [-0.15, -0.1) is 19.7 Å². The van der Waals surface area contributed by atoms with Crippen LogP contribution < -0.4 is 5.32 Å². The van der Waals surface area contributed by atoms with Gasteiger partial charge in [-0.05, 0) is 0 Å². The van der Waals surface area contributed by atoms with Gasteiger partial charge < -0.3 is 4.90 Å². The van der Waals surface area contributed by atoms with Crippen molar-refractivity contribution in [2.45, 2.75) is 6.04 Å². The summed E-state index contributed by atoms with van der Waals surface area (Å²) in [5, 5.41) is 4.29. The third-order valence-electron chi connectivity index (χ3n) is 2.97. The molecule has 1 saturated heterocycles. The molecule has 1 aliphatic heterocycles. The van der Waals surface area contributed by atoms with Crippen LogP contribution in [0.4, 0.5) is 0 Å². The van der Waals surface area contributed by atoms with E-state index in [0.29, 0.717) is 13.1 Å². The highest BCUT2D eigenvalue weighted by molar-refractivity contribution is 5.84. The fourth-order valence-electron chi connectivity index (χ4n) is 2.06. The van der Waals surface area contributed by atoms with Gasteiger partial charge in [-0.1, -0.05) is 18.2 Å². The Hall–Kier alpha value is -1.39. The number of rotatable bonds is 7. The normalized spacial score (nSPS) is 17.8. The summed E-state index contributed by atoms with van der Waals surface area (Å²) in [6.45, 7) is 15.4. The number of amides is 1. The Morgan fingerprint density at radius 2 is 1.78 bits per heavy atom. The first-order valence-electron chi connectivity index (χ1n) is 6.25. The Morgan fingerprint density at radius 3 is 2.22 bits per heavy atom. The highest BCUT2D eigenvalue weighted by Gasteiger charge is 2.27. The number of carbonyl (C=O) groups is 1. The van der Waals surface area contributed by atoms with Crippen LogP contribution in [0.5, 0.6) is 0 Å². The molecule has 18 heavy (non-hydrogen) atoms. The predicted octanol–water partition coefficient (Wildman–Crippen LogP) is 0.662. The lowest BCUT2D eigenvalue weighted by atomic mass is 10.1. The molecule has 0 bridgehead atoms. The van der Waals surface area contributed by atoms with Crippen LogP contribution in [0.15, 0.2) is 38.0 Å². The molecular formula is C14H22N3O. The Morgan fingerprint density at radius 1 is 1.22 bits per heavy atom. The zero-order valence-electron chi connectivity index (χ0n) is 10.9. The topological polar surface area (TPSA) is 37.7 Å². The van der Waals surface area contributed by atoms with E-state index in [0.717, 1.165) is 26.2 Å². The zero-order chi connectivity index (χ0) is 13.4. The maximum atomic E-state index is 12.4. The number of carbonyl (C=O) groups excluding carboxylic acids is 1. The standard InChI is InChI=1S/C14H22N3O/c1-4-9-17(10-5-2)14(18)13(6-3)16-11-7-15-8-12-16/h4-6,13H,1-3,7-12H2. The summed E-state index contributed by atoms with van der Waals surface area (Å²) in [5.41, 5.74) is 0. The van der Waals surface area contributed by atoms with Crippen molar-refractivity contribution < 1.29 is 4.79 Å². The largest absolute Gasteiger partial charge is 0.334 e. The van der Waals surface area contributed by atoms with Gasteiger partial charge >= 0.3 is 0 Å². The molecule has 0 aromatic rings. The van der Waals surface area contributed by atoms with Crippen molar-refractivity contribution in [2.75, 3.05) is 39.3 Å². The molecule has 0 N–H and O–H groups in total. The molecule has 0 aliphatic carbocycles. The molecule has 0 spiro atoms. The van der Waals surface area contributed by atoms with Gasteiger partial charge in [0.2, 0.25) is 5.91 Å². The summed E-state index contributed by atoms with van der Waals surface area (Å²) in [7, 11) is 0. The van der Waals surface area contributed by atoms with Crippen molar-refractivity contribution in [1.29, 1.82) is 0 Å². The maximum Gasteiger partial charge on any atom is 0.244 e. The fraction of sp³-hybridized carbons (Fsp3) is 0.500. The SMILES string of the molecule is C=CCN(CC=C)C(=O)C(C=C)N1CC[N]CC1. The average molecular weight is 248 g/mol. The van der Waals surface area contributed by atoms with E-state index in [-0.39, 0.29) is 11.9 Å². The van der Waals surface area contributed by atoms with Crippen molar-refractivity contribution >= 4 is 5.91 Å². The molecule has 1 atom stereocenters. The lowest BCUT2D eigenvalue weighted by Gasteiger charge is -2.34. The van der Waals surface area contributed by atoms with Crippen LogP contribution in [0.1, 0.15) is 0 Å². The quantitative estimate of drug-likeness (QED) is 0.621. The van der Waals surface area contributed by atoms with Crippen LogP contribution >= 0.6 is 0 Å². The molecule has 1 fully saturated rings. The minimum Gasteiger partial charge on any atom is -0.334 e. The van der Waals surface area contributed by atoms with Gasteiger partial charge in [-0.25, -0.2) is 5.32 Å². The molecule has 4 heteroatoms. The molecule has 1 aliphatic rings. The molecule has 1 heterocycles.